The predicted octanol–water partition coefficient (Wildman–Crippen LogP) is 1.13. The van der Waals surface area contributed by atoms with Gasteiger partial charge in [0.2, 0.25) is 0 Å². The molecule has 29 heavy (non-hydrogen) atoms. The van der Waals surface area contributed by atoms with Crippen LogP contribution in [0.25, 0.3) is 15.3 Å². The average molecular weight is 485 g/mol. The van der Waals surface area contributed by atoms with Gasteiger partial charge in [-0.1, -0.05) is 0 Å². The number of aromatic nitrogens is 1. The Kier molecular flexibility index (Phi) is 4.45. The van der Waals surface area contributed by atoms with E-state index in [0.717, 1.165) is 10.4 Å². The van der Waals surface area contributed by atoms with Crippen molar-refractivity contribution in [2.24, 2.45) is 10.7 Å². The second-order valence-corrected chi connectivity index (χ2v) is 10.9. The normalized spacial score (nSPS) is 21.4. The van der Waals surface area contributed by atoms with E-state index in [9.17, 15) is 22.0 Å². The summed E-state index contributed by atoms with van der Waals surface area (Å²) in [4.78, 5) is 16.9. The molecule has 1 aromatic heterocycles. The summed E-state index contributed by atoms with van der Waals surface area (Å²) in [6.07, 6.45) is 0. The number of aliphatic imine (C=N–C) groups is 1. The number of fused-ring (bicyclic) bond motifs is 1. The molecule has 2 aromatic carbocycles. The van der Waals surface area contributed by atoms with Gasteiger partial charge in [0.1, 0.15) is 0 Å². The number of rotatable bonds is 2. The zero-order chi connectivity index (χ0) is 21.1. The summed E-state index contributed by atoms with van der Waals surface area (Å²) in [6.45, 7) is 1.47. The zero-order valence-electron chi connectivity index (χ0n) is 15.4. The first kappa shape index (κ1) is 19.8. The third-order valence-electron chi connectivity index (χ3n) is 4.89. The van der Waals surface area contributed by atoms with Gasteiger partial charge >= 0.3 is 171 Å². The molecule has 152 valence electrons. The van der Waals surface area contributed by atoms with Gasteiger partial charge in [0.05, 0.1) is 0 Å². The molecule has 2 N–H and O–H groups in total. The minimum absolute atomic E-state index is 0.00495. The van der Waals surface area contributed by atoms with E-state index in [2.05, 4.69) is 4.99 Å². The second kappa shape index (κ2) is 6.51. The first-order chi connectivity index (χ1) is 13.5. The number of nitrogens with two attached hydrogens (primary N) is 1. The first-order valence-corrected chi connectivity index (χ1v) is 11.7. The van der Waals surface area contributed by atoms with Crippen molar-refractivity contribution < 1.29 is 17.2 Å². The standard InChI is InChI=1S/C18H16F2N4O3SSe/c1-18(9-28(26,27)23(2)17(21)22-18)12-8-10(6-7-13(12)19)24-16(25)11-4-3-5-14(20)15(11)29-24/h3-8H,9H2,1-2H3,(H2,21,22)/t18-/m0/s1. The number of hydrogen-bond donors (Lipinski definition) is 1. The van der Waals surface area contributed by atoms with Crippen LogP contribution in [0.2, 0.25) is 0 Å². The van der Waals surface area contributed by atoms with Crippen LogP contribution in [0.4, 0.5) is 8.78 Å². The quantitative estimate of drug-likeness (QED) is 0.551. The van der Waals surface area contributed by atoms with Crippen LogP contribution in [-0.2, 0) is 15.6 Å². The van der Waals surface area contributed by atoms with E-state index in [0.29, 0.717) is 9.95 Å². The van der Waals surface area contributed by atoms with E-state index >= 15 is 0 Å². The van der Waals surface area contributed by atoms with Gasteiger partial charge in [-0.05, 0) is 0 Å². The predicted molar refractivity (Wildman–Crippen MR) is 107 cm³/mol. The fourth-order valence-corrected chi connectivity index (χ4v) is 6.85. The first-order valence-electron chi connectivity index (χ1n) is 8.46. The van der Waals surface area contributed by atoms with Gasteiger partial charge in [-0.15, -0.1) is 0 Å². The van der Waals surface area contributed by atoms with Gasteiger partial charge < -0.3 is 0 Å². The summed E-state index contributed by atoms with van der Waals surface area (Å²) in [7, 11) is -2.51. The summed E-state index contributed by atoms with van der Waals surface area (Å²) < 4.78 is 56.2. The Morgan fingerprint density at radius 2 is 1.93 bits per heavy atom. The van der Waals surface area contributed by atoms with E-state index < -0.39 is 47.7 Å². The van der Waals surface area contributed by atoms with Crippen LogP contribution in [0.15, 0.2) is 46.2 Å². The molecule has 4 rings (SSSR count). The Balaban J connectivity index is 1.92. The number of halogens is 2. The number of hydrogen-bond acceptors (Lipinski definition) is 5. The molecule has 0 spiro atoms. The molecule has 0 bridgehead atoms. The molecule has 2 heterocycles. The summed E-state index contributed by atoms with van der Waals surface area (Å²) >= 11 is -0.672. The molecule has 1 atom stereocenters. The second-order valence-electron chi connectivity index (χ2n) is 6.94. The van der Waals surface area contributed by atoms with Crippen molar-refractivity contribution in [2.75, 3.05) is 12.8 Å². The Morgan fingerprint density at radius 3 is 2.59 bits per heavy atom. The van der Waals surface area contributed by atoms with Crippen LogP contribution in [0.5, 0.6) is 0 Å². The molecule has 0 saturated carbocycles. The molecule has 1 aliphatic rings. The van der Waals surface area contributed by atoms with Crippen molar-refractivity contribution in [1.29, 1.82) is 0 Å². The number of nitrogens with zero attached hydrogens (tertiary/aromatic N) is 3. The van der Waals surface area contributed by atoms with Crippen molar-refractivity contribution in [3.8, 4) is 5.69 Å². The van der Waals surface area contributed by atoms with Crippen molar-refractivity contribution in [3.05, 3.63) is 63.9 Å². The minimum atomic E-state index is -3.79. The summed E-state index contributed by atoms with van der Waals surface area (Å²) in [5.41, 5.74) is 4.22. The van der Waals surface area contributed by atoms with Gasteiger partial charge in [-0.2, -0.15) is 0 Å². The number of sulfonamides is 1. The molecule has 0 radical (unpaired) electrons. The van der Waals surface area contributed by atoms with Crippen LogP contribution >= 0.6 is 0 Å². The van der Waals surface area contributed by atoms with Gasteiger partial charge in [0, 0.05) is 0 Å². The molecule has 3 aromatic rings. The summed E-state index contributed by atoms with van der Waals surface area (Å²) in [5, 5.41) is 0.270. The Bertz CT molecular complexity index is 1350. The third-order valence-corrected chi connectivity index (χ3v) is 9.27. The molecule has 0 fully saturated rings. The maximum atomic E-state index is 14.7. The molecule has 0 unspecified atom stereocenters. The summed E-state index contributed by atoms with van der Waals surface area (Å²) in [6, 6.07) is 8.23. The maximum absolute atomic E-state index is 14.7. The van der Waals surface area contributed by atoms with E-state index in [-0.39, 0.29) is 22.5 Å². The van der Waals surface area contributed by atoms with Crippen molar-refractivity contribution in [1.82, 2.24) is 7.87 Å². The average Bonchev–Trinajstić information content (AvgIpc) is 2.98. The van der Waals surface area contributed by atoms with Crippen molar-refractivity contribution >= 4 is 40.4 Å². The summed E-state index contributed by atoms with van der Waals surface area (Å²) in [5.74, 6) is -1.87. The number of benzene rings is 2. The van der Waals surface area contributed by atoms with E-state index in [1.165, 1.54) is 41.8 Å². The van der Waals surface area contributed by atoms with E-state index in [1.54, 1.807) is 6.07 Å². The Labute approximate surface area is 171 Å². The Hall–Kier alpha value is -2.49. The SMILES string of the molecule is CN1C(N)=N[C@](C)(c2cc(-n3[se]c4c(F)cccc4c3=O)ccc2F)CS1(=O)=O. The molecule has 0 saturated heterocycles. The van der Waals surface area contributed by atoms with Crippen LogP contribution in [-0.4, -0.2) is 49.8 Å². The monoisotopic (exact) mass is 486 g/mol. The van der Waals surface area contributed by atoms with E-state index in [1.807, 2.05) is 0 Å². The van der Waals surface area contributed by atoms with Crippen molar-refractivity contribution in [3.63, 3.8) is 0 Å². The molecule has 11 heteroatoms. The third kappa shape index (κ3) is 3.09. The van der Waals surface area contributed by atoms with Crippen LogP contribution in [0, 0.1) is 11.6 Å². The molecular formula is C18H16F2N4O3SSe. The zero-order valence-corrected chi connectivity index (χ0v) is 17.9. The van der Waals surface area contributed by atoms with E-state index in [4.69, 9.17) is 5.73 Å². The number of guanidine groups is 1. The fraction of sp³-hybridized carbons (Fsp3) is 0.222. The fourth-order valence-electron chi connectivity index (χ4n) is 3.32. The van der Waals surface area contributed by atoms with Gasteiger partial charge in [0.25, 0.3) is 0 Å². The molecular weight excluding hydrogens is 469 g/mol. The molecule has 0 aliphatic carbocycles. The van der Waals surface area contributed by atoms with Crippen LogP contribution in [0.3, 0.4) is 0 Å². The molecule has 1 aliphatic heterocycles. The van der Waals surface area contributed by atoms with Gasteiger partial charge in [-0.25, -0.2) is 0 Å². The molecule has 0 amide bonds. The topological polar surface area (TPSA) is 97.8 Å². The van der Waals surface area contributed by atoms with Gasteiger partial charge in [0.15, 0.2) is 0 Å². The van der Waals surface area contributed by atoms with Crippen molar-refractivity contribution in [2.45, 2.75) is 12.5 Å². The van der Waals surface area contributed by atoms with Crippen LogP contribution in [0.1, 0.15) is 12.5 Å². The van der Waals surface area contributed by atoms with Crippen LogP contribution < -0.4 is 11.3 Å². The molecule has 7 nitrogen and oxygen atoms in total. The van der Waals surface area contributed by atoms with Gasteiger partial charge in [-0.3, -0.25) is 0 Å². The Morgan fingerprint density at radius 1 is 1.21 bits per heavy atom.